The lowest BCUT2D eigenvalue weighted by atomic mass is 10.1. The molecular weight excluding hydrogens is 264 g/mol. The SMILES string of the molecule is COc1c(C)c(C)c(Br)c([N+](=O)[O-])c1N. The van der Waals surface area contributed by atoms with Gasteiger partial charge in [-0.2, -0.15) is 0 Å². The molecule has 0 heterocycles. The summed E-state index contributed by atoms with van der Waals surface area (Å²) in [5.74, 6) is 0.363. The maximum absolute atomic E-state index is 10.8. The van der Waals surface area contributed by atoms with E-state index in [1.54, 1.807) is 13.8 Å². The summed E-state index contributed by atoms with van der Waals surface area (Å²) in [5.41, 5.74) is 7.13. The maximum Gasteiger partial charge on any atom is 0.310 e. The van der Waals surface area contributed by atoms with Gasteiger partial charge in [0.25, 0.3) is 0 Å². The lowest BCUT2D eigenvalue weighted by Crippen LogP contribution is -2.03. The number of ether oxygens (including phenoxy) is 1. The van der Waals surface area contributed by atoms with Gasteiger partial charge >= 0.3 is 5.69 Å². The highest BCUT2D eigenvalue weighted by Gasteiger charge is 2.25. The molecule has 5 nitrogen and oxygen atoms in total. The van der Waals surface area contributed by atoms with Crippen molar-refractivity contribution in [3.8, 4) is 5.75 Å². The number of halogens is 1. The molecule has 0 amide bonds. The third-order valence-corrected chi connectivity index (χ3v) is 3.30. The summed E-state index contributed by atoms with van der Waals surface area (Å²) < 4.78 is 5.46. The molecule has 1 aromatic carbocycles. The minimum atomic E-state index is -0.519. The highest BCUT2D eigenvalue weighted by molar-refractivity contribution is 9.10. The van der Waals surface area contributed by atoms with Crippen molar-refractivity contribution in [2.24, 2.45) is 0 Å². The molecule has 1 rings (SSSR count). The number of nitrogens with two attached hydrogens (primary N) is 1. The van der Waals surface area contributed by atoms with E-state index in [1.165, 1.54) is 7.11 Å². The van der Waals surface area contributed by atoms with Crippen LogP contribution >= 0.6 is 15.9 Å². The van der Waals surface area contributed by atoms with Gasteiger partial charge in [-0.1, -0.05) is 0 Å². The second-order valence-electron chi connectivity index (χ2n) is 3.12. The average Bonchev–Trinajstić information content (AvgIpc) is 2.15. The summed E-state index contributed by atoms with van der Waals surface area (Å²) in [4.78, 5) is 10.3. The van der Waals surface area contributed by atoms with E-state index in [0.29, 0.717) is 10.2 Å². The predicted octanol–water partition coefficient (Wildman–Crippen LogP) is 2.56. The normalized spacial score (nSPS) is 10.1. The van der Waals surface area contributed by atoms with Gasteiger partial charge in [0.1, 0.15) is 4.47 Å². The molecule has 0 radical (unpaired) electrons. The second-order valence-corrected chi connectivity index (χ2v) is 3.91. The molecule has 0 spiro atoms. The Kier molecular flexibility index (Phi) is 3.18. The van der Waals surface area contributed by atoms with Crippen molar-refractivity contribution < 1.29 is 9.66 Å². The standard InChI is InChI=1S/C9H11BrN2O3/c1-4-5(2)9(15-3)7(11)8(6(4)10)12(13)14/h11H2,1-3H3. The van der Waals surface area contributed by atoms with E-state index in [2.05, 4.69) is 15.9 Å². The van der Waals surface area contributed by atoms with Crippen molar-refractivity contribution in [1.29, 1.82) is 0 Å². The number of nitro benzene ring substituents is 1. The zero-order chi connectivity index (χ0) is 11.7. The lowest BCUT2D eigenvalue weighted by molar-refractivity contribution is -0.384. The van der Waals surface area contributed by atoms with Crippen molar-refractivity contribution in [1.82, 2.24) is 0 Å². The van der Waals surface area contributed by atoms with Crippen molar-refractivity contribution in [2.75, 3.05) is 12.8 Å². The van der Waals surface area contributed by atoms with E-state index in [9.17, 15) is 10.1 Å². The smallest absolute Gasteiger partial charge is 0.310 e. The zero-order valence-corrected chi connectivity index (χ0v) is 10.2. The Labute approximate surface area is 95.5 Å². The number of anilines is 1. The Hall–Kier alpha value is -1.30. The van der Waals surface area contributed by atoms with Gasteiger partial charge in [-0.3, -0.25) is 10.1 Å². The maximum atomic E-state index is 10.8. The van der Waals surface area contributed by atoms with Gasteiger partial charge in [0.05, 0.1) is 12.0 Å². The van der Waals surface area contributed by atoms with E-state index in [4.69, 9.17) is 10.5 Å². The Bertz CT molecular complexity index is 432. The number of methoxy groups -OCH3 is 1. The van der Waals surface area contributed by atoms with Crippen molar-refractivity contribution in [2.45, 2.75) is 13.8 Å². The van der Waals surface area contributed by atoms with Gasteiger partial charge in [-0.25, -0.2) is 0 Å². The number of hydrogen-bond donors (Lipinski definition) is 1. The minimum Gasteiger partial charge on any atom is -0.494 e. The molecule has 15 heavy (non-hydrogen) atoms. The molecule has 0 aliphatic rings. The molecule has 0 saturated carbocycles. The fourth-order valence-corrected chi connectivity index (χ4v) is 2.04. The molecule has 0 saturated heterocycles. The van der Waals surface area contributed by atoms with Crippen LogP contribution < -0.4 is 10.5 Å². The molecule has 0 atom stereocenters. The van der Waals surface area contributed by atoms with E-state index in [1.807, 2.05) is 0 Å². The molecule has 6 heteroatoms. The van der Waals surface area contributed by atoms with Gasteiger partial charge in [-0.05, 0) is 40.9 Å². The van der Waals surface area contributed by atoms with Gasteiger partial charge in [-0.15, -0.1) is 0 Å². The van der Waals surface area contributed by atoms with Crippen LogP contribution in [-0.2, 0) is 0 Å². The number of hydrogen-bond acceptors (Lipinski definition) is 4. The first-order valence-corrected chi connectivity index (χ1v) is 4.97. The summed E-state index contributed by atoms with van der Waals surface area (Å²) in [6.07, 6.45) is 0. The quantitative estimate of drug-likeness (QED) is 0.511. The van der Waals surface area contributed by atoms with Crippen LogP contribution in [0.1, 0.15) is 11.1 Å². The zero-order valence-electron chi connectivity index (χ0n) is 8.63. The van der Waals surface area contributed by atoms with Gasteiger partial charge in [0.15, 0.2) is 11.4 Å². The van der Waals surface area contributed by atoms with Gasteiger partial charge < -0.3 is 10.5 Å². The molecule has 0 aromatic heterocycles. The van der Waals surface area contributed by atoms with Crippen LogP contribution in [0.2, 0.25) is 0 Å². The van der Waals surface area contributed by atoms with Crippen LogP contribution in [0.15, 0.2) is 4.47 Å². The minimum absolute atomic E-state index is 0.0532. The first-order chi connectivity index (χ1) is 6.91. The molecule has 2 N–H and O–H groups in total. The fraction of sp³-hybridized carbons (Fsp3) is 0.333. The molecule has 0 aliphatic carbocycles. The fourth-order valence-electron chi connectivity index (χ4n) is 1.38. The Morgan fingerprint density at radius 2 is 1.93 bits per heavy atom. The Morgan fingerprint density at radius 3 is 2.33 bits per heavy atom. The number of nitrogen functional groups attached to an aromatic ring is 1. The summed E-state index contributed by atoms with van der Waals surface area (Å²) in [6.45, 7) is 3.58. The van der Waals surface area contributed by atoms with Crippen LogP contribution in [-0.4, -0.2) is 12.0 Å². The van der Waals surface area contributed by atoms with Crippen LogP contribution in [0, 0.1) is 24.0 Å². The Balaban J connectivity index is 3.68. The van der Waals surface area contributed by atoms with E-state index in [0.717, 1.165) is 11.1 Å². The first kappa shape index (κ1) is 11.8. The molecule has 0 bridgehead atoms. The van der Waals surface area contributed by atoms with Crippen LogP contribution in [0.25, 0.3) is 0 Å². The second kappa shape index (κ2) is 4.06. The molecule has 0 fully saturated rings. The van der Waals surface area contributed by atoms with Crippen LogP contribution in [0.3, 0.4) is 0 Å². The topological polar surface area (TPSA) is 78.4 Å². The predicted molar refractivity (Wildman–Crippen MR) is 61.2 cm³/mol. The summed E-state index contributed by atoms with van der Waals surface area (Å²) in [7, 11) is 1.44. The Morgan fingerprint density at radius 1 is 1.40 bits per heavy atom. The van der Waals surface area contributed by atoms with Crippen molar-refractivity contribution >= 4 is 27.3 Å². The molecule has 1 aromatic rings. The van der Waals surface area contributed by atoms with E-state index in [-0.39, 0.29) is 11.4 Å². The highest BCUT2D eigenvalue weighted by Crippen LogP contribution is 2.43. The number of benzene rings is 1. The number of nitrogens with zero attached hydrogens (tertiary/aromatic N) is 1. The molecular formula is C9H11BrN2O3. The third-order valence-electron chi connectivity index (χ3n) is 2.33. The third kappa shape index (κ3) is 1.77. The average molecular weight is 275 g/mol. The summed E-state index contributed by atoms with van der Waals surface area (Å²) in [6, 6.07) is 0. The number of rotatable bonds is 2. The van der Waals surface area contributed by atoms with Crippen LogP contribution in [0.4, 0.5) is 11.4 Å². The van der Waals surface area contributed by atoms with Crippen LogP contribution in [0.5, 0.6) is 5.75 Å². The van der Waals surface area contributed by atoms with Crippen molar-refractivity contribution in [3.63, 3.8) is 0 Å². The molecule has 0 aliphatic heterocycles. The van der Waals surface area contributed by atoms with E-state index < -0.39 is 4.92 Å². The number of nitro groups is 1. The lowest BCUT2D eigenvalue weighted by Gasteiger charge is -2.12. The highest BCUT2D eigenvalue weighted by atomic mass is 79.9. The summed E-state index contributed by atoms with van der Waals surface area (Å²) >= 11 is 3.17. The molecule has 0 unspecified atom stereocenters. The van der Waals surface area contributed by atoms with E-state index >= 15 is 0 Å². The first-order valence-electron chi connectivity index (χ1n) is 4.18. The monoisotopic (exact) mass is 274 g/mol. The van der Waals surface area contributed by atoms with Crippen molar-refractivity contribution in [3.05, 3.63) is 25.7 Å². The molecule has 82 valence electrons. The van der Waals surface area contributed by atoms with Gasteiger partial charge in [0.2, 0.25) is 0 Å². The largest absolute Gasteiger partial charge is 0.494 e. The van der Waals surface area contributed by atoms with Gasteiger partial charge in [0, 0.05) is 0 Å². The summed E-state index contributed by atoms with van der Waals surface area (Å²) in [5, 5.41) is 10.8.